The highest BCUT2D eigenvalue weighted by Gasteiger charge is 2.10. The van der Waals surface area contributed by atoms with Crippen LogP contribution in [0.2, 0.25) is 0 Å². The van der Waals surface area contributed by atoms with Crippen LogP contribution in [0.5, 0.6) is 0 Å². The van der Waals surface area contributed by atoms with E-state index in [0.29, 0.717) is 6.61 Å². The summed E-state index contributed by atoms with van der Waals surface area (Å²) in [5.74, 6) is 0. The zero-order chi connectivity index (χ0) is 12.3. The lowest BCUT2D eigenvalue weighted by Crippen LogP contribution is -1.89. The molecule has 0 fully saturated rings. The molecule has 0 aliphatic rings. The molecule has 1 aromatic heterocycles. The summed E-state index contributed by atoms with van der Waals surface area (Å²) in [5, 5.41) is 11.7. The minimum Gasteiger partial charge on any atom is -0.501 e. The van der Waals surface area contributed by atoms with E-state index in [4.69, 9.17) is 4.74 Å². The van der Waals surface area contributed by atoms with Gasteiger partial charge in [-0.2, -0.15) is 0 Å². The maximum Gasteiger partial charge on any atom is 0.272 e. The molecule has 0 radical (unpaired) electrons. The van der Waals surface area contributed by atoms with Crippen LogP contribution < -0.4 is 0 Å². The average molecular weight is 232 g/mol. The van der Waals surface area contributed by atoms with Gasteiger partial charge in [0, 0.05) is 23.7 Å². The first-order valence-electron chi connectivity index (χ1n) is 5.26. The number of fused-ring (bicyclic) bond motifs is 1. The molecule has 0 atom stereocenters. The predicted octanol–water partition coefficient (Wildman–Crippen LogP) is 3.08. The molecule has 0 unspecified atom stereocenters. The van der Waals surface area contributed by atoms with Crippen molar-refractivity contribution in [1.82, 2.24) is 4.98 Å². The molecule has 2 aromatic rings. The fourth-order valence-corrected chi connectivity index (χ4v) is 1.64. The maximum atomic E-state index is 10.8. The van der Waals surface area contributed by atoms with E-state index in [1.807, 2.05) is 13.0 Å². The third-order valence-electron chi connectivity index (χ3n) is 2.41. The van der Waals surface area contributed by atoms with E-state index < -0.39 is 4.92 Å². The van der Waals surface area contributed by atoms with Crippen molar-refractivity contribution in [1.29, 1.82) is 0 Å². The van der Waals surface area contributed by atoms with Gasteiger partial charge >= 0.3 is 0 Å². The van der Waals surface area contributed by atoms with Crippen molar-refractivity contribution in [3.63, 3.8) is 0 Å². The SMILES string of the molecule is CCOC=Cc1cc([N+](=O)[O-])cc2[nH]ccc12. The van der Waals surface area contributed by atoms with Crippen LogP contribution in [0, 0.1) is 10.1 Å². The second kappa shape index (κ2) is 4.69. The smallest absolute Gasteiger partial charge is 0.272 e. The quantitative estimate of drug-likeness (QED) is 0.500. The summed E-state index contributed by atoms with van der Waals surface area (Å²) < 4.78 is 5.10. The van der Waals surface area contributed by atoms with Crippen LogP contribution in [0.25, 0.3) is 17.0 Å². The standard InChI is InChI=1S/C12H12N2O3/c1-2-17-6-4-9-7-10(14(15)16)8-12-11(9)3-5-13-12/h3-8,13H,2H2,1H3. The van der Waals surface area contributed by atoms with E-state index in [2.05, 4.69) is 4.98 Å². The molecule has 5 heteroatoms. The Morgan fingerprint density at radius 3 is 3.06 bits per heavy atom. The van der Waals surface area contributed by atoms with E-state index in [-0.39, 0.29) is 5.69 Å². The van der Waals surface area contributed by atoms with Gasteiger partial charge in [-0.1, -0.05) is 0 Å². The lowest BCUT2D eigenvalue weighted by atomic mass is 10.1. The summed E-state index contributed by atoms with van der Waals surface area (Å²) in [7, 11) is 0. The molecule has 1 N–H and O–H groups in total. The minimum absolute atomic E-state index is 0.0658. The molecule has 17 heavy (non-hydrogen) atoms. The van der Waals surface area contributed by atoms with Crippen LogP contribution >= 0.6 is 0 Å². The topological polar surface area (TPSA) is 68.2 Å². The molecule has 1 heterocycles. The maximum absolute atomic E-state index is 10.8. The summed E-state index contributed by atoms with van der Waals surface area (Å²) in [6.45, 7) is 2.45. The van der Waals surface area contributed by atoms with Crippen molar-refractivity contribution < 1.29 is 9.66 Å². The van der Waals surface area contributed by atoms with Crippen LogP contribution in [0.3, 0.4) is 0 Å². The van der Waals surface area contributed by atoms with Crippen molar-refractivity contribution in [2.45, 2.75) is 6.92 Å². The molecule has 0 bridgehead atoms. The van der Waals surface area contributed by atoms with Crippen LogP contribution in [-0.2, 0) is 4.74 Å². The Balaban J connectivity index is 2.50. The third-order valence-corrected chi connectivity index (χ3v) is 2.41. The van der Waals surface area contributed by atoms with Gasteiger partial charge in [-0.3, -0.25) is 10.1 Å². The van der Waals surface area contributed by atoms with Gasteiger partial charge in [-0.05, 0) is 24.6 Å². The minimum atomic E-state index is -0.404. The van der Waals surface area contributed by atoms with Gasteiger partial charge in [-0.15, -0.1) is 0 Å². The number of ether oxygens (including phenoxy) is 1. The number of nitrogens with zero attached hydrogens (tertiary/aromatic N) is 1. The van der Waals surface area contributed by atoms with Crippen LogP contribution in [-0.4, -0.2) is 16.5 Å². The molecule has 5 nitrogen and oxygen atoms in total. The van der Waals surface area contributed by atoms with Crippen molar-refractivity contribution in [3.8, 4) is 0 Å². The first-order chi connectivity index (χ1) is 8.22. The monoisotopic (exact) mass is 232 g/mol. The highest BCUT2D eigenvalue weighted by atomic mass is 16.6. The highest BCUT2D eigenvalue weighted by molar-refractivity contribution is 5.90. The van der Waals surface area contributed by atoms with E-state index in [9.17, 15) is 10.1 Å². The number of hydrogen-bond acceptors (Lipinski definition) is 3. The van der Waals surface area contributed by atoms with Gasteiger partial charge in [0.2, 0.25) is 0 Å². The Hall–Kier alpha value is -2.30. The molecule has 0 saturated carbocycles. The fraction of sp³-hybridized carbons (Fsp3) is 0.167. The number of benzene rings is 1. The number of H-pyrrole nitrogens is 1. The molecular weight excluding hydrogens is 220 g/mol. The molecule has 0 amide bonds. The first-order valence-corrected chi connectivity index (χ1v) is 5.26. The number of aromatic nitrogens is 1. The second-order valence-corrected chi connectivity index (χ2v) is 3.49. The van der Waals surface area contributed by atoms with E-state index in [0.717, 1.165) is 16.5 Å². The third kappa shape index (κ3) is 2.28. The van der Waals surface area contributed by atoms with Crippen molar-refractivity contribution >= 4 is 22.7 Å². The van der Waals surface area contributed by atoms with Crippen LogP contribution in [0.15, 0.2) is 30.7 Å². The summed E-state index contributed by atoms with van der Waals surface area (Å²) in [4.78, 5) is 13.3. The second-order valence-electron chi connectivity index (χ2n) is 3.49. The zero-order valence-corrected chi connectivity index (χ0v) is 9.34. The molecule has 1 aromatic carbocycles. The Kier molecular flexibility index (Phi) is 3.09. The molecule has 2 rings (SSSR count). The van der Waals surface area contributed by atoms with E-state index in [1.54, 1.807) is 18.5 Å². The normalized spacial score (nSPS) is 11.1. The number of hydrogen-bond donors (Lipinski definition) is 1. The predicted molar refractivity (Wildman–Crippen MR) is 65.6 cm³/mol. The van der Waals surface area contributed by atoms with Gasteiger partial charge < -0.3 is 9.72 Å². The van der Waals surface area contributed by atoms with Crippen molar-refractivity contribution in [2.24, 2.45) is 0 Å². The molecule has 88 valence electrons. The lowest BCUT2D eigenvalue weighted by Gasteiger charge is -1.99. The van der Waals surface area contributed by atoms with Gasteiger partial charge in [0.05, 0.1) is 23.3 Å². The van der Waals surface area contributed by atoms with Crippen molar-refractivity contribution in [2.75, 3.05) is 6.61 Å². The molecule has 0 spiro atoms. The number of aromatic amines is 1. The van der Waals surface area contributed by atoms with E-state index >= 15 is 0 Å². The largest absolute Gasteiger partial charge is 0.501 e. The zero-order valence-electron chi connectivity index (χ0n) is 9.34. The molecular formula is C12H12N2O3. The summed E-state index contributed by atoms with van der Waals surface area (Å²) in [5.41, 5.74) is 1.58. The summed E-state index contributed by atoms with van der Waals surface area (Å²) in [6, 6.07) is 4.93. The lowest BCUT2D eigenvalue weighted by molar-refractivity contribution is -0.384. The Labute approximate surface area is 97.9 Å². The number of nitro benzene ring substituents is 1. The summed E-state index contributed by atoms with van der Waals surface area (Å²) in [6.07, 6.45) is 5.03. The molecule has 0 saturated heterocycles. The number of non-ortho nitro benzene ring substituents is 1. The average Bonchev–Trinajstić information content (AvgIpc) is 2.77. The van der Waals surface area contributed by atoms with Gasteiger partial charge in [0.1, 0.15) is 0 Å². The van der Waals surface area contributed by atoms with Gasteiger partial charge in [0.25, 0.3) is 5.69 Å². The Morgan fingerprint density at radius 1 is 1.53 bits per heavy atom. The van der Waals surface area contributed by atoms with Gasteiger partial charge in [0.15, 0.2) is 0 Å². The number of nitrogens with one attached hydrogen (secondary N) is 1. The fourth-order valence-electron chi connectivity index (χ4n) is 1.64. The summed E-state index contributed by atoms with van der Waals surface area (Å²) >= 11 is 0. The molecule has 0 aliphatic heterocycles. The number of nitro groups is 1. The Morgan fingerprint density at radius 2 is 2.35 bits per heavy atom. The van der Waals surface area contributed by atoms with Crippen molar-refractivity contribution in [3.05, 3.63) is 46.3 Å². The van der Waals surface area contributed by atoms with E-state index in [1.165, 1.54) is 12.1 Å². The molecule has 0 aliphatic carbocycles. The van der Waals surface area contributed by atoms with Crippen LogP contribution in [0.4, 0.5) is 5.69 Å². The highest BCUT2D eigenvalue weighted by Crippen LogP contribution is 2.25. The van der Waals surface area contributed by atoms with Gasteiger partial charge in [-0.25, -0.2) is 0 Å². The Bertz CT molecular complexity index is 572. The number of rotatable bonds is 4. The van der Waals surface area contributed by atoms with Crippen LogP contribution in [0.1, 0.15) is 12.5 Å². The first kappa shape index (κ1) is 11.2.